The Morgan fingerprint density at radius 3 is 2.93 bits per heavy atom. The maximum absolute atomic E-state index is 13.0. The molecule has 0 saturated carbocycles. The van der Waals surface area contributed by atoms with Crippen LogP contribution < -0.4 is 0 Å². The molecule has 0 fully saturated rings. The molecule has 0 N–H and O–H groups in total. The first-order valence-corrected chi connectivity index (χ1v) is 10.3. The molecule has 0 radical (unpaired) electrons. The number of hydrogen-bond acceptors (Lipinski definition) is 4. The quantitative estimate of drug-likeness (QED) is 0.487. The minimum Gasteiger partial charge on any atom is -0.342 e. The maximum Gasteiger partial charge on any atom is 0.255 e. The molecule has 0 bridgehead atoms. The molecule has 0 aliphatic heterocycles. The Morgan fingerprint density at radius 1 is 1.32 bits per heavy atom. The summed E-state index contributed by atoms with van der Waals surface area (Å²) in [7, 11) is 1.87. The molecule has 4 heterocycles. The van der Waals surface area contributed by atoms with Gasteiger partial charge in [-0.25, -0.2) is 9.97 Å². The summed E-state index contributed by atoms with van der Waals surface area (Å²) in [4.78, 5) is 24.0. The number of nitrogens with zero attached hydrogens (tertiary/aromatic N) is 5. The number of hydrogen-bond donors (Lipinski definition) is 0. The van der Waals surface area contributed by atoms with E-state index < -0.39 is 0 Å². The molecule has 28 heavy (non-hydrogen) atoms. The van der Waals surface area contributed by atoms with E-state index in [9.17, 15) is 4.79 Å². The molecule has 0 spiro atoms. The van der Waals surface area contributed by atoms with Gasteiger partial charge in [-0.2, -0.15) is 0 Å². The van der Waals surface area contributed by atoms with Crippen LogP contribution in [0.15, 0.2) is 48.2 Å². The number of pyridine rings is 1. The van der Waals surface area contributed by atoms with Crippen LogP contribution in [0.4, 0.5) is 0 Å². The van der Waals surface area contributed by atoms with E-state index in [1.54, 1.807) is 22.4 Å². The van der Waals surface area contributed by atoms with Crippen LogP contribution in [0, 0.1) is 6.92 Å². The van der Waals surface area contributed by atoms with Crippen LogP contribution in [-0.4, -0.2) is 43.3 Å². The first-order chi connectivity index (χ1) is 13.6. The lowest BCUT2D eigenvalue weighted by molar-refractivity contribution is 0.0795. The Morgan fingerprint density at radius 2 is 2.18 bits per heavy atom. The van der Waals surface area contributed by atoms with Gasteiger partial charge in [0.2, 0.25) is 0 Å². The average molecular weight is 394 g/mol. The van der Waals surface area contributed by atoms with Crippen molar-refractivity contribution < 1.29 is 4.79 Å². The fourth-order valence-corrected chi connectivity index (χ4v) is 4.01. The van der Waals surface area contributed by atoms with Gasteiger partial charge in [0.05, 0.1) is 16.8 Å². The number of rotatable bonds is 6. The van der Waals surface area contributed by atoms with Crippen molar-refractivity contribution in [2.45, 2.75) is 26.7 Å². The first-order valence-electron chi connectivity index (χ1n) is 9.42. The van der Waals surface area contributed by atoms with E-state index in [-0.39, 0.29) is 5.91 Å². The largest absolute Gasteiger partial charge is 0.342 e. The lowest BCUT2D eigenvalue weighted by atomic mass is 10.2. The van der Waals surface area contributed by atoms with E-state index in [1.165, 1.54) is 0 Å². The van der Waals surface area contributed by atoms with Crippen molar-refractivity contribution in [1.29, 1.82) is 0 Å². The molecule has 7 heteroatoms. The highest BCUT2D eigenvalue weighted by atomic mass is 32.1. The van der Waals surface area contributed by atoms with Crippen molar-refractivity contribution >= 4 is 22.8 Å². The van der Waals surface area contributed by atoms with Crippen LogP contribution in [0.25, 0.3) is 22.0 Å². The Kier molecular flexibility index (Phi) is 5.00. The number of aryl methyl sites for hydroxylation is 1. The van der Waals surface area contributed by atoms with Gasteiger partial charge in [0.25, 0.3) is 5.91 Å². The highest BCUT2D eigenvalue weighted by molar-refractivity contribution is 7.12. The van der Waals surface area contributed by atoms with Crippen molar-refractivity contribution in [3.63, 3.8) is 0 Å². The second-order valence-corrected chi connectivity index (χ2v) is 7.71. The van der Waals surface area contributed by atoms with Gasteiger partial charge >= 0.3 is 0 Å². The molecule has 0 aromatic carbocycles. The number of carbonyl (C=O) groups excluding carboxylic acids is 1. The Labute approximate surface area is 168 Å². The monoisotopic (exact) mass is 393 g/mol. The fraction of sp³-hybridized carbons (Fsp3) is 0.286. The number of carbonyl (C=O) groups is 1. The van der Waals surface area contributed by atoms with E-state index in [0.717, 1.165) is 47.2 Å². The summed E-state index contributed by atoms with van der Waals surface area (Å²) in [5.41, 5.74) is 3.33. The number of aromatic nitrogens is 4. The normalized spacial score (nSPS) is 11.2. The molecule has 0 saturated heterocycles. The van der Waals surface area contributed by atoms with Crippen molar-refractivity contribution in [1.82, 2.24) is 23.8 Å². The van der Waals surface area contributed by atoms with E-state index in [1.807, 2.05) is 65.0 Å². The number of unbranched alkanes of at least 4 members (excludes halogenated alkanes) is 1. The number of amides is 1. The predicted octanol–water partition coefficient (Wildman–Crippen LogP) is 4.43. The van der Waals surface area contributed by atoms with Gasteiger partial charge in [0.15, 0.2) is 5.13 Å². The van der Waals surface area contributed by atoms with E-state index in [0.29, 0.717) is 5.56 Å². The third kappa shape index (κ3) is 3.22. The molecule has 4 rings (SSSR count). The maximum atomic E-state index is 13.0. The van der Waals surface area contributed by atoms with Gasteiger partial charge in [-0.05, 0) is 31.5 Å². The van der Waals surface area contributed by atoms with Crippen LogP contribution in [-0.2, 0) is 0 Å². The highest BCUT2D eigenvalue weighted by Gasteiger charge is 2.21. The van der Waals surface area contributed by atoms with E-state index in [4.69, 9.17) is 4.98 Å². The second-order valence-electron chi connectivity index (χ2n) is 6.84. The van der Waals surface area contributed by atoms with Crippen LogP contribution in [0.2, 0.25) is 0 Å². The van der Waals surface area contributed by atoms with Gasteiger partial charge in [0.1, 0.15) is 11.5 Å². The second kappa shape index (κ2) is 7.59. The summed E-state index contributed by atoms with van der Waals surface area (Å²) >= 11 is 1.57. The fourth-order valence-electron chi connectivity index (χ4n) is 3.35. The van der Waals surface area contributed by atoms with Crippen molar-refractivity contribution in [2.75, 3.05) is 13.6 Å². The molecular formula is C21H23N5OS. The minimum absolute atomic E-state index is 0.0412. The van der Waals surface area contributed by atoms with Gasteiger partial charge in [-0.15, -0.1) is 11.3 Å². The van der Waals surface area contributed by atoms with Crippen molar-refractivity contribution in [2.24, 2.45) is 0 Å². The zero-order valence-corrected chi connectivity index (χ0v) is 17.1. The van der Waals surface area contributed by atoms with Crippen LogP contribution in [0.3, 0.4) is 0 Å². The van der Waals surface area contributed by atoms with Crippen molar-refractivity contribution in [3.8, 4) is 16.5 Å². The zero-order valence-electron chi connectivity index (χ0n) is 16.3. The minimum atomic E-state index is 0.0412. The zero-order chi connectivity index (χ0) is 19.7. The first kappa shape index (κ1) is 18.4. The highest BCUT2D eigenvalue weighted by Crippen LogP contribution is 2.28. The Bertz CT molecular complexity index is 1110. The molecule has 144 valence electrons. The Balaban J connectivity index is 1.79. The van der Waals surface area contributed by atoms with Crippen molar-refractivity contribution in [3.05, 3.63) is 59.6 Å². The molecule has 0 aliphatic carbocycles. The third-order valence-corrected chi connectivity index (χ3v) is 5.64. The molecule has 6 nitrogen and oxygen atoms in total. The van der Waals surface area contributed by atoms with Gasteiger partial charge in [-0.1, -0.05) is 19.4 Å². The van der Waals surface area contributed by atoms with E-state index in [2.05, 4.69) is 11.9 Å². The summed E-state index contributed by atoms with van der Waals surface area (Å²) in [5, 5.41) is 2.83. The molecular weight excluding hydrogens is 370 g/mol. The lowest BCUT2D eigenvalue weighted by Crippen LogP contribution is -2.27. The summed E-state index contributed by atoms with van der Waals surface area (Å²) in [6.45, 7) is 4.85. The summed E-state index contributed by atoms with van der Waals surface area (Å²) in [5.74, 6) is 0.906. The number of fused-ring (bicyclic) bond motifs is 1. The predicted molar refractivity (Wildman–Crippen MR) is 112 cm³/mol. The van der Waals surface area contributed by atoms with Crippen LogP contribution in [0.5, 0.6) is 0 Å². The van der Waals surface area contributed by atoms with Gasteiger partial charge in [-0.3, -0.25) is 9.36 Å². The van der Waals surface area contributed by atoms with Gasteiger partial charge in [0, 0.05) is 37.6 Å². The SMILES string of the molecule is CCCCN(C)C(=O)c1cc(-c2cn(-c3nccs3)c(C)n2)n2ccccc12. The molecule has 4 aromatic heterocycles. The summed E-state index contributed by atoms with van der Waals surface area (Å²) < 4.78 is 4.02. The Hall–Kier alpha value is -2.93. The number of thiazole rings is 1. The standard InChI is InChI=1S/C21H23N5OS/c1-4-5-10-24(3)20(27)16-13-19(25-11-7-6-8-18(16)25)17-14-26(15(2)23-17)21-22-9-12-28-21/h6-9,11-14H,4-5,10H2,1-3H3. The average Bonchev–Trinajstić information content (AvgIpc) is 3.43. The number of imidazole rings is 1. The molecule has 0 aliphatic rings. The summed E-state index contributed by atoms with van der Waals surface area (Å²) in [6.07, 6.45) is 7.81. The van der Waals surface area contributed by atoms with Crippen LogP contribution >= 0.6 is 11.3 Å². The summed E-state index contributed by atoms with van der Waals surface area (Å²) in [6, 6.07) is 7.86. The molecule has 0 unspecified atom stereocenters. The molecule has 0 atom stereocenters. The lowest BCUT2D eigenvalue weighted by Gasteiger charge is -2.16. The topological polar surface area (TPSA) is 55.4 Å². The van der Waals surface area contributed by atoms with E-state index >= 15 is 0 Å². The van der Waals surface area contributed by atoms with Crippen LogP contribution in [0.1, 0.15) is 35.9 Å². The smallest absolute Gasteiger partial charge is 0.255 e. The van der Waals surface area contributed by atoms with Gasteiger partial charge < -0.3 is 9.30 Å². The third-order valence-electron chi connectivity index (χ3n) is 4.87. The molecule has 1 amide bonds. The molecule has 4 aromatic rings.